The van der Waals surface area contributed by atoms with Crippen molar-refractivity contribution in [2.24, 2.45) is 0 Å². The van der Waals surface area contributed by atoms with Crippen molar-refractivity contribution in [1.29, 1.82) is 0 Å². The van der Waals surface area contributed by atoms with Gasteiger partial charge in [-0.2, -0.15) is 0 Å². The molecule has 138 valence electrons. The minimum Gasteiger partial charge on any atom is -0.380 e. The van der Waals surface area contributed by atoms with E-state index in [1.807, 2.05) is 54.6 Å². The zero-order valence-corrected chi connectivity index (χ0v) is 15.6. The Morgan fingerprint density at radius 3 is 2.41 bits per heavy atom. The molecule has 1 aromatic heterocycles. The minimum atomic E-state index is -3.73. The molecule has 7 heteroatoms. The maximum absolute atomic E-state index is 12.4. The van der Waals surface area contributed by atoms with Crippen LogP contribution in [-0.2, 0) is 21.4 Å². The zero-order chi connectivity index (χ0) is 19.1. The van der Waals surface area contributed by atoms with Crippen molar-refractivity contribution in [3.05, 3.63) is 83.5 Å². The number of hydrogen-bond acceptors (Lipinski definition) is 5. The van der Waals surface area contributed by atoms with Gasteiger partial charge in [0.25, 0.3) is 10.0 Å². The number of rotatable bonds is 7. The van der Waals surface area contributed by atoms with Gasteiger partial charge in [0.15, 0.2) is 5.82 Å². The predicted octanol–water partition coefficient (Wildman–Crippen LogP) is 3.70. The summed E-state index contributed by atoms with van der Waals surface area (Å²) in [6.07, 6.45) is 4.50. The topological polar surface area (TPSA) is 81.2 Å². The van der Waals surface area contributed by atoms with Crippen LogP contribution in [0.1, 0.15) is 11.1 Å². The summed E-state index contributed by atoms with van der Waals surface area (Å²) in [5.74, 6) is 0.176. The van der Waals surface area contributed by atoms with E-state index in [1.165, 1.54) is 18.5 Å². The maximum atomic E-state index is 12.4. The number of anilines is 1. The summed E-state index contributed by atoms with van der Waals surface area (Å²) >= 11 is 0. The molecule has 0 aliphatic heterocycles. The first-order valence-electron chi connectivity index (χ1n) is 8.22. The number of methoxy groups -OCH3 is 1. The summed E-state index contributed by atoms with van der Waals surface area (Å²) < 4.78 is 32.4. The molecule has 0 fully saturated rings. The molecule has 0 spiro atoms. The van der Waals surface area contributed by atoms with Gasteiger partial charge in [-0.15, -0.1) is 0 Å². The maximum Gasteiger partial charge on any atom is 0.256 e. The number of ether oxygens (including phenoxy) is 1. The summed E-state index contributed by atoms with van der Waals surface area (Å²) in [6, 6.07) is 16.7. The summed E-state index contributed by atoms with van der Waals surface area (Å²) in [5.41, 5.74) is 3.01. The lowest BCUT2D eigenvalue weighted by Gasteiger charge is -2.09. The van der Waals surface area contributed by atoms with Crippen molar-refractivity contribution in [3.8, 4) is 11.3 Å². The van der Waals surface area contributed by atoms with Crippen LogP contribution < -0.4 is 4.72 Å². The van der Waals surface area contributed by atoms with Gasteiger partial charge in [-0.05, 0) is 17.2 Å². The van der Waals surface area contributed by atoms with E-state index in [0.29, 0.717) is 12.3 Å². The highest BCUT2D eigenvalue weighted by atomic mass is 32.2. The van der Waals surface area contributed by atoms with Crippen molar-refractivity contribution in [1.82, 2.24) is 9.97 Å². The predicted molar refractivity (Wildman–Crippen MR) is 106 cm³/mol. The second-order valence-electron chi connectivity index (χ2n) is 5.74. The molecule has 0 aliphatic rings. The van der Waals surface area contributed by atoms with Crippen LogP contribution in [0.15, 0.2) is 72.4 Å². The van der Waals surface area contributed by atoms with Crippen LogP contribution in [0.5, 0.6) is 0 Å². The summed E-state index contributed by atoms with van der Waals surface area (Å²) in [4.78, 5) is 8.42. The molecular formula is C20H19N3O3S. The van der Waals surface area contributed by atoms with Crippen molar-refractivity contribution < 1.29 is 13.2 Å². The molecule has 0 atom stereocenters. The quantitative estimate of drug-likeness (QED) is 0.675. The monoisotopic (exact) mass is 381 g/mol. The molecule has 6 nitrogen and oxygen atoms in total. The number of sulfonamides is 1. The first kappa shape index (κ1) is 18.8. The Labute approximate surface area is 158 Å². The van der Waals surface area contributed by atoms with E-state index in [4.69, 9.17) is 4.74 Å². The second kappa shape index (κ2) is 8.57. The van der Waals surface area contributed by atoms with E-state index < -0.39 is 10.0 Å². The second-order valence-corrected chi connectivity index (χ2v) is 7.31. The highest BCUT2D eigenvalue weighted by molar-refractivity contribution is 7.95. The number of aromatic nitrogens is 2. The van der Waals surface area contributed by atoms with E-state index in [-0.39, 0.29) is 5.82 Å². The van der Waals surface area contributed by atoms with Crippen LogP contribution in [0.2, 0.25) is 0 Å². The molecule has 0 saturated carbocycles. The molecule has 2 aromatic carbocycles. The van der Waals surface area contributed by atoms with Gasteiger partial charge in [-0.25, -0.2) is 13.4 Å². The average molecular weight is 381 g/mol. The van der Waals surface area contributed by atoms with Gasteiger partial charge >= 0.3 is 0 Å². The molecule has 3 rings (SSSR count). The van der Waals surface area contributed by atoms with Gasteiger partial charge in [0.2, 0.25) is 0 Å². The molecule has 0 saturated heterocycles. The molecule has 0 amide bonds. The van der Waals surface area contributed by atoms with Gasteiger partial charge in [0.05, 0.1) is 12.0 Å². The van der Waals surface area contributed by atoms with Crippen LogP contribution in [0.4, 0.5) is 5.82 Å². The van der Waals surface area contributed by atoms with E-state index in [2.05, 4.69) is 14.7 Å². The highest BCUT2D eigenvalue weighted by Crippen LogP contribution is 2.25. The third-order valence-corrected chi connectivity index (χ3v) is 4.69. The minimum absolute atomic E-state index is 0.176. The van der Waals surface area contributed by atoms with E-state index >= 15 is 0 Å². The third kappa shape index (κ3) is 5.22. The SMILES string of the molecule is COCc1ccc(-c2nccnc2NS(=O)(=O)/C=C/c2ccccc2)cc1. The Balaban J connectivity index is 1.84. The Bertz CT molecular complexity index is 1020. The van der Waals surface area contributed by atoms with Gasteiger partial charge in [-0.3, -0.25) is 9.71 Å². The Kier molecular flexibility index (Phi) is 5.95. The van der Waals surface area contributed by atoms with Crippen LogP contribution in [0, 0.1) is 0 Å². The number of hydrogen-bond donors (Lipinski definition) is 1. The number of nitrogens with one attached hydrogen (secondary N) is 1. The molecular weight excluding hydrogens is 362 g/mol. The van der Waals surface area contributed by atoms with Gasteiger partial charge in [-0.1, -0.05) is 54.6 Å². The normalized spacial score (nSPS) is 11.6. The van der Waals surface area contributed by atoms with Gasteiger partial charge < -0.3 is 4.74 Å². The molecule has 0 aliphatic carbocycles. The van der Waals surface area contributed by atoms with Crippen LogP contribution in [0.25, 0.3) is 17.3 Å². The third-order valence-electron chi connectivity index (χ3n) is 3.71. The van der Waals surface area contributed by atoms with Crippen molar-refractivity contribution >= 4 is 21.9 Å². The lowest BCUT2D eigenvalue weighted by Crippen LogP contribution is -2.11. The Morgan fingerprint density at radius 1 is 1.00 bits per heavy atom. The molecule has 0 radical (unpaired) electrons. The number of nitrogens with zero attached hydrogens (tertiary/aromatic N) is 2. The molecule has 3 aromatic rings. The lowest BCUT2D eigenvalue weighted by molar-refractivity contribution is 0.185. The van der Waals surface area contributed by atoms with Crippen LogP contribution in [-0.4, -0.2) is 25.5 Å². The summed E-state index contributed by atoms with van der Waals surface area (Å²) in [7, 11) is -2.10. The van der Waals surface area contributed by atoms with Crippen LogP contribution in [0.3, 0.4) is 0 Å². The zero-order valence-electron chi connectivity index (χ0n) is 14.7. The molecule has 1 heterocycles. The van der Waals surface area contributed by atoms with E-state index in [1.54, 1.807) is 7.11 Å². The van der Waals surface area contributed by atoms with Crippen molar-refractivity contribution in [2.75, 3.05) is 11.8 Å². The van der Waals surface area contributed by atoms with Crippen molar-refractivity contribution in [3.63, 3.8) is 0 Å². The van der Waals surface area contributed by atoms with Gasteiger partial charge in [0.1, 0.15) is 5.69 Å². The van der Waals surface area contributed by atoms with Gasteiger partial charge in [0, 0.05) is 25.1 Å². The lowest BCUT2D eigenvalue weighted by atomic mass is 10.1. The fourth-order valence-electron chi connectivity index (χ4n) is 2.45. The fraction of sp³-hybridized carbons (Fsp3) is 0.100. The van der Waals surface area contributed by atoms with Crippen LogP contribution >= 0.6 is 0 Å². The Morgan fingerprint density at radius 2 is 1.70 bits per heavy atom. The molecule has 0 bridgehead atoms. The number of benzene rings is 2. The molecule has 27 heavy (non-hydrogen) atoms. The van der Waals surface area contributed by atoms with E-state index in [0.717, 1.165) is 22.1 Å². The fourth-order valence-corrected chi connectivity index (χ4v) is 3.27. The largest absolute Gasteiger partial charge is 0.380 e. The van der Waals surface area contributed by atoms with E-state index in [9.17, 15) is 8.42 Å². The van der Waals surface area contributed by atoms with Crippen molar-refractivity contribution in [2.45, 2.75) is 6.61 Å². The Hall–Kier alpha value is -3.03. The molecule has 0 unspecified atom stereocenters. The summed E-state index contributed by atoms with van der Waals surface area (Å²) in [6.45, 7) is 0.504. The highest BCUT2D eigenvalue weighted by Gasteiger charge is 2.13. The molecule has 1 N–H and O–H groups in total. The first-order valence-corrected chi connectivity index (χ1v) is 9.77. The first-order chi connectivity index (χ1) is 13.1. The summed E-state index contributed by atoms with van der Waals surface area (Å²) in [5, 5.41) is 1.11. The smallest absolute Gasteiger partial charge is 0.256 e. The average Bonchev–Trinajstić information content (AvgIpc) is 2.69. The standard InChI is InChI=1S/C20H19N3O3S/c1-26-15-17-7-9-18(10-8-17)19-20(22-13-12-21-19)23-27(24,25)14-11-16-5-3-2-4-6-16/h2-14H,15H2,1H3,(H,22,23)/b14-11+.